The molecule has 1 saturated carbocycles. The van der Waals surface area contributed by atoms with Crippen molar-refractivity contribution in [2.24, 2.45) is 5.73 Å². The maximum absolute atomic E-state index is 10.4. The van der Waals surface area contributed by atoms with Gasteiger partial charge in [0.25, 0.3) is 0 Å². The average Bonchev–Trinajstić information content (AvgIpc) is 2.88. The summed E-state index contributed by atoms with van der Waals surface area (Å²) < 4.78 is 6.72. The van der Waals surface area contributed by atoms with Crippen molar-refractivity contribution in [1.29, 1.82) is 0 Å². The number of nitrogens with zero attached hydrogens (tertiary/aromatic N) is 2. The van der Waals surface area contributed by atoms with Crippen molar-refractivity contribution >= 4 is 6.09 Å². The van der Waals surface area contributed by atoms with Crippen LogP contribution in [0.25, 0.3) is 0 Å². The van der Waals surface area contributed by atoms with E-state index in [1.54, 1.807) is 0 Å². The molecular weight excluding hydrogens is 244 g/mol. The average molecular weight is 266 g/mol. The van der Waals surface area contributed by atoms with Crippen LogP contribution in [0.5, 0.6) is 0 Å². The molecule has 0 radical (unpaired) electrons. The van der Waals surface area contributed by atoms with Crippen LogP contribution in [0.15, 0.2) is 12.3 Å². The van der Waals surface area contributed by atoms with E-state index in [-0.39, 0.29) is 0 Å². The Labute approximate surface area is 113 Å². The third-order valence-corrected chi connectivity index (χ3v) is 3.44. The fraction of sp³-hybridized carbons (Fsp3) is 0.692. The number of amides is 1. The number of rotatable bonds is 6. The molecule has 0 saturated heterocycles. The Morgan fingerprint density at radius 3 is 3.00 bits per heavy atom. The van der Waals surface area contributed by atoms with Crippen LogP contribution < -0.4 is 11.1 Å². The SMILES string of the molecule is NC(=O)OCCNCc1ccn(C2CCCCC2)n1. The van der Waals surface area contributed by atoms with E-state index >= 15 is 0 Å². The summed E-state index contributed by atoms with van der Waals surface area (Å²) in [6, 6.07) is 2.61. The Hall–Kier alpha value is -1.56. The van der Waals surface area contributed by atoms with Gasteiger partial charge in [-0.2, -0.15) is 5.10 Å². The molecule has 6 nitrogen and oxygen atoms in total. The lowest BCUT2D eigenvalue weighted by Crippen LogP contribution is -2.23. The van der Waals surface area contributed by atoms with Crippen LogP contribution in [0.1, 0.15) is 43.8 Å². The van der Waals surface area contributed by atoms with Crippen LogP contribution >= 0.6 is 0 Å². The van der Waals surface area contributed by atoms with E-state index in [9.17, 15) is 4.79 Å². The Morgan fingerprint density at radius 1 is 1.47 bits per heavy atom. The topological polar surface area (TPSA) is 82.2 Å². The van der Waals surface area contributed by atoms with Crippen molar-refractivity contribution in [2.75, 3.05) is 13.2 Å². The highest BCUT2D eigenvalue weighted by Crippen LogP contribution is 2.27. The van der Waals surface area contributed by atoms with Crippen molar-refractivity contribution in [3.63, 3.8) is 0 Å². The van der Waals surface area contributed by atoms with Gasteiger partial charge in [-0.1, -0.05) is 19.3 Å². The number of hydrogen-bond acceptors (Lipinski definition) is 4. The summed E-state index contributed by atoms with van der Waals surface area (Å²) in [7, 11) is 0. The monoisotopic (exact) mass is 266 g/mol. The molecule has 3 N–H and O–H groups in total. The van der Waals surface area contributed by atoms with Gasteiger partial charge in [0.05, 0.1) is 11.7 Å². The summed E-state index contributed by atoms with van der Waals surface area (Å²) in [5.74, 6) is 0. The highest BCUT2D eigenvalue weighted by Gasteiger charge is 2.15. The first-order valence-electron chi connectivity index (χ1n) is 6.92. The van der Waals surface area contributed by atoms with Crippen molar-refractivity contribution in [3.05, 3.63) is 18.0 Å². The van der Waals surface area contributed by atoms with Gasteiger partial charge in [0, 0.05) is 19.3 Å². The van der Waals surface area contributed by atoms with Crippen LogP contribution in [0.3, 0.4) is 0 Å². The summed E-state index contributed by atoms with van der Waals surface area (Å²) in [6.07, 6.45) is 7.77. The van der Waals surface area contributed by atoms with Gasteiger partial charge in [0.2, 0.25) is 0 Å². The zero-order chi connectivity index (χ0) is 13.5. The Kier molecular flexibility index (Phi) is 5.20. The molecule has 19 heavy (non-hydrogen) atoms. The number of nitrogens with one attached hydrogen (secondary N) is 1. The molecule has 1 amide bonds. The number of carbonyl (C=O) groups is 1. The normalized spacial score (nSPS) is 16.4. The number of nitrogens with two attached hydrogens (primary N) is 1. The zero-order valence-electron chi connectivity index (χ0n) is 11.2. The quantitative estimate of drug-likeness (QED) is 0.766. The second-order valence-corrected chi connectivity index (χ2v) is 4.92. The fourth-order valence-corrected chi connectivity index (χ4v) is 2.46. The molecule has 0 bridgehead atoms. The Balaban J connectivity index is 1.70. The Morgan fingerprint density at radius 2 is 2.26 bits per heavy atom. The first-order valence-corrected chi connectivity index (χ1v) is 6.92. The molecule has 1 aliphatic rings. The molecule has 0 atom stereocenters. The van der Waals surface area contributed by atoms with E-state index in [2.05, 4.69) is 26.0 Å². The molecule has 1 heterocycles. The second-order valence-electron chi connectivity index (χ2n) is 4.92. The third-order valence-electron chi connectivity index (χ3n) is 3.44. The van der Waals surface area contributed by atoms with E-state index < -0.39 is 6.09 Å². The number of ether oxygens (including phenoxy) is 1. The summed E-state index contributed by atoms with van der Waals surface area (Å²) in [4.78, 5) is 10.4. The Bertz CT molecular complexity index is 399. The molecule has 1 aromatic heterocycles. The van der Waals surface area contributed by atoms with Crippen LogP contribution in [0, 0.1) is 0 Å². The minimum atomic E-state index is -0.733. The standard InChI is InChI=1S/C13H22N4O2/c14-13(18)19-9-7-15-10-11-6-8-17(16-11)12-4-2-1-3-5-12/h6,8,12,15H,1-5,7,9-10H2,(H2,14,18). The van der Waals surface area contributed by atoms with Gasteiger partial charge in [-0.15, -0.1) is 0 Å². The number of hydrogen-bond donors (Lipinski definition) is 2. The maximum Gasteiger partial charge on any atom is 0.404 e. The molecule has 6 heteroatoms. The number of carbonyl (C=O) groups excluding carboxylic acids is 1. The van der Waals surface area contributed by atoms with Crippen LogP contribution in [-0.2, 0) is 11.3 Å². The van der Waals surface area contributed by atoms with Gasteiger partial charge in [0.15, 0.2) is 0 Å². The van der Waals surface area contributed by atoms with Crippen LogP contribution in [0.2, 0.25) is 0 Å². The first-order chi connectivity index (χ1) is 9.25. The lowest BCUT2D eigenvalue weighted by molar-refractivity contribution is 0.157. The van der Waals surface area contributed by atoms with Crippen LogP contribution in [-0.4, -0.2) is 29.0 Å². The molecule has 1 aromatic rings. The second kappa shape index (κ2) is 7.13. The molecule has 1 aliphatic carbocycles. The summed E-state index contributed by atoms with van der Waals surface area (Å²) >= 11 is 0. The highest BCUT2D eigenvalue weighted by atomic mass is 16.5. The number of aromatic nitrogens is 2. The van der Waals surface area contributed by atoms with E-state index in [1.807, 2.05) is 6.07 Å². The zero-order valence-corrected chi connectivity index (χ0v) is 11.2. The van der Waals surface area contributed by atoms with E-state index in [0.717, 1.165) is 5.69 Å². The molecule has 0 unspecified atom stereocenters. The predicted molar refractivity (Wildman–Crippen MR) is 71.6 cm³/mol. The predicted octanol–water partition coefficient (Wildman–Crippen LogP) is 1.57. The molecule has 0 aliphatic heterocycles. The van der Waals surface area contributed by atoms with Gasteiger partial charge in [-0.25, -0.2) is 4.79 Å². The van der Waals surface area contributed by atoms with Crippen LogP contribution in [0.4, 0.5) is 4.79 Å². The van der Waals surface area contributed by atoms with Gasteiger partial charge in [-0.05, 0) is 18.9 Å². The van der Waals surface area contributed by atoms with Gasteiger partial charge < -0.3 is 15.8 Å². The molecule has 2 rings (SSSR count). The van der Waals surface area contributed by atoms with E-state index in [1.165, 1.54) is 32.1 Å². The third kappa shape index (κ3) is 4.55. The summed E-state index contributed by atoms with van der Waals surface area (Å²) in [5.41, 5.74) is 5.89. The minimum absolute atomic E-state index is 0.290. The maximum atomic E-state index is 10.4. The van der Waals surface area contributed by atoms with Crippen molar-refractivity contribution in [2.45, 2.75) is 44.7 Å². The van der Waals surface area contributed by atoms with Crippen molar-refractivity contribution < 1.29 is 9.53 Å². The molecule has 0 aromatic carbocycles. The smallest absolute Gasteiger partial charge is 0.404 e. The minimum Gasteiger partial charge on any atom is -0.448 e. The van der Waals surface area contributed by atoms with E-state index in [0.29, 0.717) is 25.7 Å². The highest BCUT2D eigenvalue weighted by molar-refractivity contribution is 5.64. The summed E-state index contributed by atoms with van der Waals surface area (Å²) in [6.45, 7) is 1.56. The van der Waals surface area contributed by atoms with Crippen molar-refractivity contribution in [3.8, 4) is 0 Å². The largest absolute Gasteiger partial charge is 0.448 e. The molecular formula is C13H22N4O2. The fourth-order valence-electron chi connectivity index (χ4n) is 2.46. The van der Waals surface area contributed by atoms with Gasteiger partial charge >= 0.3 is 6.09 Å². The number of primary amides is 1. The lowest BCUT2D eigenvalue weighted by atomic mass is 9.96. The lowest BCUT2D eigenvalue weighted by Gasteiger charge is -2.21. The van der Waals surface area contributed by atoms with E-state index in [4.69, 9.17) is 5.73 Å². The molecule has 0 spiro atoms. The van der Waals surface area contributed by atoms with Gasteiger partial charge in [-0.3, -0.25) is 4.68 Å². The molecule has 106 valence electrons. The van der Waals surface area contributed by atoms with Crippen molar-refractivity contribution in [1.82, 2.24) is 15.1 Å². The summed E-state index contributed by atoms with van der Waals surface area (Å²) in [5, 5.41) is 7.75. The molecule has 1 fully saturated rings. The first kappa shape index (κ1) is 13.9. The van der Waals surface area contributed by atoms with Gasteiger partial charge in [0.1, 0.15) is 6.61 Å².